The lowest BCUT2D eigenvalue weighted by Crippen LogP contribution is -1.95. The Morgan fingerprint density at radius 3 is 2.50 bits per heavy atom. The summed E-state index contributed by atoms with van der Waals surface area (Å²) in [6.45, 7) is 2.68. The highest BCUT2D eigenvalue weighted by atomic mass is 32.1. The van der Waals surface area contributed by atoms with Crippen LogP contribution in [0.4, 0.5) is 0 Å². The van der Waals surface area contributed by atoms with Crippen molar-refractivity contribution in [2.24, 2.45) is 5.73 Å². The third kappa shape index (κ3) is 1.69. The highest BCUT2D eigenvalue weighted by Crippen LogP contribution is 2.24. The number of benzene rings is 1. The molecule has 14 heavy (non-hydrogen) atoms. The summed E-state index contributed by atoms with van der Waals surface area (Å²) in [5, 5.41) is 0. The Kier molecular flexibility index (Phi) is 2.61. The molecule has 72 valence electrons. The van der Waals surface area contributed by atoms with Crippen LogP contribution in [0.2, 0.25) is 0 Å². The molecule has 3 heteroatoms. The lowest BCUT2D eigenvalue weighted by molar-refractivity contribution is 1.07. The lowest BCUT2D eigenvalue weighted by atomic mass is 10.1. The van der Waals surface area contributed by atoms with E-state index < -0.39 is 0 Å². The summed E-state index contributed by atoms with van der Waals surface area (Å²) in [7, 11) is 0. The number of aryl methyl sites for hydroxylation is 1. The van der Waals surface area contributed by atoms with E-state index in [4.69, 9.17) is 5.73 Å². The second-order valence-corrected chi connectivity index (χ2v) is 4.22. The summed E-state index contributed by atoms with van der Waals surface area (Å²) in [5.41, 5.74) is 10.8. The van der Waals surface area contributed by atoms with Crippen LogP contribution in [0.15, 0.2) is 29.8 Å². The maximum absolute atomic E-state index is 5.53. The minimum atomic E-state index is 0.594. The first-order chi connectivity index (χ1) is 6.81. The Morgan fingerprint density at radius 1 is 1.29 bits per heavy atom. The molecule has 0 aliphatic rings. The average Bonchev–Trinajstić information content (AvgIpc) is 2.65. The van der Waals surface area contributed by atoms with E-state index >= 15 is 0 Å². The molecule has 2 nitrogen and oxygen atoms in total. The molecule has 1 heterocycles. The van der Waals surface area contributed by atoms with E-state index in [1.165, 1.54) is 10.4 Å². The van der Waals surface area contributed by atoms with Gasteiger partial charge in [-0.2, -0.15) is 0 Å². The number of nitrogens with two attached hydrogens (primary N) is 1. The smallest absolute Gasteiger partial charge is 0.0840 e. The van der Waals surface area contributed by atoms with Gasteiger partial charge >= 0.3 is 0 Å². The zero-order chi connectivity index (χ0) is 9.97. The first-order valence-electron chi connectivity index (χ1n) is 4.50. The summed E-state index contributed by atoms with van der Waals surface area (Å²) < 4.78 is 0. The third-order valence-electron chi connectivity index (χ3n) is 2.21. The van der Waals surface area contributed by atoms with Crippen molar-refractivity contribution in [1.29, 1.82) is 0 Å². The van der Waals surface area contributed by atoms with Crippen LogP contribution in [0.3, 0.4) is 0 Å². The summed E-state index contributed by atoms with van der Waals surface area (Å²) in [6.07, 6.45) is 0. The monoisotopic (exact) mass is 204 g/mol. The van der Waals surface area contributed by atoms with Crippen LogP contribution in [0.25, 0.3) is 11.3 Å². The standard InChI is InChI=1S/C11H12N2S/c1-8-11(13-7-14-8)10-4-2-9(6-12)3-5-10/h2-5,7H,6,12H2,1H3. The van der Waals surface area contributed by atoms with E-state index in [0.717, 1.165) is 11.3 Å². The Hall–Kier alpha value is -1.19. The van der Waals surface area contributed by atoms with Gasteiger partial charge in [0.25, 0.3) is 0 Å². The Balaban J connectivity index is 2.39. The molecule has 0 fully saturated rings. The molecule has 1 aromatic heterocycles. The highest BCUT2D eigenvalue weighted by Gasteiger charge is 2.03. The fourth-order valence-corrected chi connectivity index (χ4v) is 1.98. The molecule has 0 atom stereocenters. The number of thiazole rings is 1. The van der Waals surface area contributed by atoms with E-state index in [2.05, 4.69) is 24.0 Å². The highest BCUT2D eigenvalue weighted by molar-refractivity contribution is 7.10. The molecule has 0 bridgehead atoms. The molecule has 2 rings (SSSR count). The van der Waals surface area contributed by atoms with Gasteiger partial charge in [-0.25, -0.2) is 4.98 Å². The predicted octanol–water partition coefficient (Wildman–Crippen LogP) is 2.58. The van der Waals surface area contributed by atoms with Gasteiger partial charge in [0.05, 0.1) is 11.2 Å². The first kappa shape index (κ1) is 9.37. The van der Waals surface area contributed by atoms with Crippen LogP contribution in [-0.4, -0.2) is 4.98 Å². The van der Waals surface area contributed by atoms with E-state index in [9.17, 15) is 0 Å². The number of hydrogen-bond acceptors (Lipinski definition) is 3. The zero-order valence-electron chi connectivity index (χ0n) is 8.03. The molecular weight excluding hydrogens is 192 g/mol. The number of hydrogen-bond donors (Lipinski definition) is 1. The van der Waals surface area contributed by atoms with Crippen molar-refractivity contribution in [1.82, 2.24) is 4.98 Å². The van der Waals surface area contributed by atoms with Gasteiger partial charge in [-0.1, -0.05) is 24.3 Å². The van der Waals surface area contributed by atoms with Gasteiger partial charge in [0.15, 0.2) is 0 Å². The molecule has 2 N–H and O–H groups in total. The van der Waals surface area contributed by atoms with Crippen molar-refractivity contribution in [2.45, 2.75) is 13.5 Å². The largest absolute Gasteiger partial charge is 0.326 e. The predicted molar refractivity (Wildman–Crippen MR) is 60.2 cm³/mol. The van der Waals surface area contributed by atoms with Gasteiger partial charge in [0, 0.05) is 17.0 Å². The minimum absolute atomic E-state index is 0.594. The van der Waals surface area contributed by atoms with Crippen molar-refractivity contribution >= 4 is 11.3 Å². The maximum atomic E-state index is 5.53. The minimum Gasteiger partial charge on any atom is -0.326 e. The first-order valence-corrected chi connectivity index (χ1v) is 5.38. The van der Waals surface area contributed by atoms with Crippen LogP contribution in [0.1, 0.15) is 10.4 Å². The van der Waals surface area contributed by atoms with Crippen LogP contribution in [0, 0.1) is 6.92 Å². The Morgan fingerprint density at radius 2 is 2.00 bits per heavy atom. The lowest BCUT2D eigenvalue weighted by Gasteiger charge is -2.00. The summed E-state index contributed by atoms with van der Waals surface area (Å²) >= 11 is 1.67. The van der Waals surface area contributed by atoms with Gasteiger partial charge < -0.3 is 5.73 Å². The molecule has 0 aliphatic heterocycles. The summed E-state index contributed by atoms with van der Waals surface area (Å²) in [4.78, 5) is 5.58. The van der Waals surface area contributed by atoms with Gasteiger partial charge in [0.2, 0.25) is 0 Å². The summed E-state index contributed by atoms with van der Waals surface area (Å²) in [6, 6.07) is 8.25. The topological polar surface area (TPSA) is 38.9 Å². The quantitative estimate of drug-likeness (QED) is 0.816. The van der Waals surface area contributed by atoms with Gasteiger partial charge in [-0.3, -0.25) is 0 Å². The third-order valence-corrected chi connectivity index (χ3v) is 2.97. The van der Waals surface area contributed by atoms with Crippen molar-refractivity contribution in [3.63, 3.8) is 0 Å². The average molecular weight is 204 g/mol. The SMILES string of the molecule is Cc1scnc1-c1ccc(CN)cc1. The van der Waals surface area contributed by atoms with Crippen LogP contribution in [0.5, 0.6) is 0 Å². The van der Waals surface area contributed by atoms with Crippen molar-refractivity contribution < 1.29 is 0 Å². The molecule has 0 saturated carbocycles. The summed E-state index contributed by atoms with van der Waals surface area (Å²) in [5.74, 6) is 0. The molecule has 1 aromatic carbocycles. The second kappa shape index (κ2) is 3.90. The van der Waals surface area contributed by atoms with Crippen molar-refractivity contribution in [3.8, 4) is 11.3 Å². The van der Waals surface area contributed by atoms with E-state index in [-0.39, 0.29) is 0 Å². The Bertz CT molecular complexity index is 417. The molecule has 0 amide bonds. The van der Waals surface area contributed by atoms with E-state index in [0.29, 0.717) is 6.54 Å². The Labute approximate surface area is 87.4 Å². The fraction of sp³-hybridized carbons (Fsp3) is 0.182. The van der Waals surface area contributed by atoms with Crippen LogP contribution >= 0.6 is 11.3 Å². The van der Waals surface area contributed by atoms with E-state index in [1.807, 2.05) is 17.6 Å². The molecule has 0 radical (unpaired) electrons. The van der Waals surface area contributed by atoms with E-state index in [1.54, 1.807) is 11.3 Å². The second-order valence-electron chi connectivity index (χ2n) is 3.16. The number of aromatic nitrogens is 1. The molecule has 0 saturated heterocycles. The number of nitrogens with zero attached hydrogens (tertiary/aromatic N) is 1. The normalized spacial score (nSPS) is 10.4. The van der Waals surface area contributed by atoms with Crippen LogP contribution in [-0.2, 0) is 6.54 Å². The van der Waals surface area contributed by atoms with Crippen LogP contribution < -0.4 is 5.73 Å². The molecule has 0 unspecified atom stereocenters. The zero-order valence-corrected chi connectivity index (χ0v) is 8.84. The molecule has 2 aromatic rings. The van der Waals surface area contributed by atoms with Crippen molar-refractivity contribution in [3.05, 3.63) is 40.2 Å². The van der Waals surface area contributed by atoms with Gasteiger partial charge in [0.1, 0.15) is 0 Å². The molecular formula is C11H12N2S. The fourth-order valence-electron chi connectivity index (χ4n) is 1.38. The molecule has 0 spiro atoms. The van der Waals surface area contributed by atoms with Gasteiger partial charge in [-0.05, 0) is 12.5 Å². The molecule has 0 aliphatic carbocycles. The van der Waals surface area contributed by atoms with Crippen molar-refractivity contribution in [2.75, 3.05) is 0 Å². The number of rotatable bonds is 2. The maximum Gasteiger partial charge on any atom is 0.0840 e. The van der Waals surface area contributed by atoms with Gasteiger partial charge in [-0.15, -0.1) is 11.3 Å².